The number of rotatable bonds is 4. The van der Waals surface area contributed by atoms with Gasteiger partial charge in [0.05, 0.1) is 18.3 Å². The number of benzene rings is 1. The van der Waals surface area contributed by atoms with Crippen LogP contribution in [0, 0.1) is 11.8 Å². The second kappa shape index (κ2) is 5.88. The molecule has 0 radical (unpaired) electrons. The third kappa shape index (κ3) is 2.94. The summed E-state index contributed by atoms with van der Waals surface area (Å²) in [7, 11) is 1.89. The number of hydrogen-bond acceptors (Lipinski definition) is 5. The molecule has 1 amide bonds. The summed E-state index contributed by atoms with van der Waals surface area (Å²) in [5.74, 6) is 1.96. The number of nitrogens with zero attached hydrogens (tertiary/aromatic N) is 5. The maximum absolute atomic E-state index is 12.3. The SMILES string of the molecule is Cn1cc(-c2ccc3cnc(NC(=O)CN4CC5CC5C4)nc3c2)cn1. The smallest absolute Gasteiger partial charge is 0.240 e. The highest BCUT2D eigenvalue weighted by Gasteiger charge is 2.45. The number of carbonyl (C=O) groups excluding carboxylic acids is 1. The molecule has 1 N–H and O–H groups in total. The fourth-order valence-corrected chi connectivity index (χ4v) is 3.83. The molecule has 1 saturated heterocycles. The Balaban J connectivity index is 1.33. The minimum atomic E-state index is -0.0472. The van der Waals surface area contributed by atoms with Crippen molar-refractivity contribution in [2.45, 2.75) is 6.42 Å². The quantitative estimate of drug-likeness (QED) is 0.780. The van der Waals surface area contributed by atoms with Gasteiger partial charge in [0, 0.05) is 43.5 Å². The predicted octanol–water partition coefficient (Wildman–Crippen LogP) is 1.92. The molecule has 5 rings (SSSR count). The number of aromatic nitrogens is 4. The molecule has 3 heterocycles. The van der Waals surface area contributed by atoms with Crippen LogP contribution in [-0.4, -0.2) is 50.2 Å². The van der Waals surface area contributed by atoms with Crippen LogP contribution in [-0.2, 0) is 11.8 Å². The minimum Gasteiger partial charge on any atom is -0.294 e. The topological polar surface area (TPSA) is 75.9 Å². The molecule has 1 saturated carbocycles. The number of piperidine rings is 1. The molecule has 2 aromatic heterocycles. The van der Waals surface area contributed by atoms with Crippen LogP contribution in [0.1, 0.15) is 6.42 Å². The lowest BCUT2D eigenvalue weighted by molar-refractivity contribution is -0.117. The van der Waals surface area contributed by atoms with Crippen LogP contribution in [0.3, 0.4) is 0 Å². The van der Waals surface area contributed by atoms with Gasteiger partial charge >= 0.3 is 0 Å². The fraction of sp³-hybridized carbons (Fsp3) is 0.368. The van der Waals surface area contributed by atoms with Crippen LogP contribution in [0.5, 0.6) is 0 Å². The van der Waals surface area contributed by atoms with Gasteiger partial charge in [-0.2, -0.15) is 5.10 Å². The maximum atomic E-state index is 12.3. The van der Waals surface area contributed by atoms with E-state index in [1.165, 1.54) is 6.42 Å². The van der Waals surface area contributed by atoms with Gasteiger partial charge in [0.15, 0.2) is 0 Å². The number of anilines is 1. The second-order valence-electron chi connectivity index (χ2n) is 7.37. The van der Waals surface area contributed by atoms with E-state index in [9.17, 15) is 4.79 Å². The van der Waals surface area contributed by atoms with Crippen LogP contribution in [0.15, 0.2) is 36.8 Å². The van der Waals surface area contributed by atoms with Crippen molar-refractivity contribution >= 4 is 22.8 Å². The highest BCUT2D eigenvalue weighted by atomic mass is 16.2. The van der Waals surface area contributed by atoms with E-state index in [1.54, 1.807) is 10.9 Å². The molecule has 2 unspecified atom stereocenters. The minimum absolute atomic E-state index is 0.0472. The lowest BCUT2D eigenvalue weighted by atomic mass is 10.1. The predicted molar refractivity (Wildman–Crippen MR) is 98.4 cm³/mol. The molecule has 3 aromatic rings. The molecule has 7 heteroatoms. The highest BCUT2D eigenvalue weighted by molar-refractivity contribution is 5.92. The van der Waals surface area contributed by atoms with Crippen molar-refractivity contribution in [3.63, 3.8) is 0 Å². The molecule has 2 aliphatic rings. The number of fused-ring (bicyclic) bond motifs is 2. The molecule has 0 spiro atoms. The molecular weight excluding hydrogens is 328 g/mol. The third-order valence-electron chi connectivity index (χ3n) is 5.29. The van der Waals surface area contributed by atoms with Gasteiger partial charge in [0.25, 0.3) is 0 Å². The Morgan fingerprint density at radius 2 is 2.08 bits per heavy atom. The average molecular weight is 348 g/mol. The van der Waals surface area contributed by atoms with Crippen molar-refractivity contribution in [1.29, 1.82) is 0 Å². The molecule has 2 atom stereocenters. The molecule has 1 aliphatic heterocycles. The summed E-state index contributed by atoms with van der Waals surface area (Å²) < 4.78 is 1.77. The van der Waals surface area contributed by atoms with Gasteiger partial charge in [-0.15, -0.1) is 0 Å². The van der Waals surface area contributed by atoms with Gasteiger partial charge in [-0.3, -0.25) is 19.7 Å². The van der Waals surface area contributed by atoms with E-state index in [-0.39, 0.29) is 5.91 Å². The zero-order chi connectivity index (χ0) is 17.7. The summed E-state index contributed by atoms with van der Waals surface area (Å²) >= 11 is 0. The first-order valence-electron chi connectivity index (χ1n) is 8.92. The van der Waals surface area contributed by atoms with Crippen LogP contribution < -0.4 is 5.32 Å². The Morgan fingerprint density at radius 3 is 2.85 bits per heavy atom. The molecule has 26 heavy (non-hydrogen) atoms. The monoisotopic (exact) mass is 348 g/mol. The molecule has 1 aliphatic carbocycles. The van der Waals surface area contributed by atoms with E-state index in [0.717, 1.165) is 47.0 Å². The Kier molecular flexibility index (Phi) is 3.49. The van der Waals surface area contributed by atoms with Gasteiger partial charge in [-0.05, 0) is 29.9 Å². The van der Waals surface area contributed by atoms with Crippen LogP contribution in [0.4, 0.5) is 5.95 Å². The molecule has 132 valence electrons. The Hall–Kier alpha value is -2.80. The van der Waals surface area contributed by atoms with E-state index >= 15 is 0 Å². The molecule has 1 aromatic carbocycles. The first kappa shape index (κ1) is 15.5. The maximum Gasteiger partial charge on any atom is 0.240 e. The van der Waals surface area contributed by atoms with Crippen molar-refractivity contribution in [2.75, 3.05) is 25.0 Å². The van der Waals surface area contributed by atoms with Crippen molar-refractivity contribution in [3.8, 4) is 11.1 Å². The van der Waals surface area contributed by atoms with Gasteiger partial charge in [-0.25, -0.2) is 9.97 Å². The summed E-state index contributed by atoms with van der Waals surface area (Å²) in [6.45, 7) is 2.51. The first-order chi connectivity index (χ1) is 12.6. The fourth-order valence-electron chi connectivity index (χ4n) is 3.83. The molecule has 2 fully saturated rings. The van der Waals surface area contributed by atoms with E-state index < -0.39 is 0 Å². The van der Waals surface area contributed by atoms with Crippen LogP contribution in [0.25, 0.3) is 22.0 Å². The zero-order valence-electron chi connectivity index (χ0n) is 14.6. The largest absolute Gasteiger partial charge is 0.294 e. The number of carbonyl (C=O) groups is 1. The van der Waals surface area contributed by atoms with Crippen molar-refractivity contribution in [3.05, 3.63) is 36.8 Å². The van der Waals surface area contributed by atoms with Gasteiger partial charge in [0.2, 0.25) is 11.9 Å². The number of likely N-dealkylation sites (tertiary alicyclic amines) is 1. The third-order valence-corrected chi connectivity index (χ3v) is 5.29. The Labute approximate surface area is 151 Å². The van der Waals surface area contributed by atoms with Crippen molar-refractivity contribution in [1.82, 2.24) is 24.6 Å². The first-order valence-corrected chi connectivity index (χ1v) is 8.92. The normalized spacial score (nSPS) is 21.7. The summed E-state index contributed by atoms with van der Waals surface area (Å²) in [5.41, 5.74) is 2.88. The molecule has 7 nitrogen and oxygen atoms in total. The summed E-state index contributed by atoms with van der Waals surface area (Å²) in [6, 6.07) is 6.01. The van der Waals surface area contributed by atoms with Crippen LogP contribution >= 0.6 is 0 Å². The van der Waals surface area contributed by atoms with Gasteiger partial charge < -0.3 is 0 Å². The van der Waals surface area contributed by atoms with Crippen molar-refractivity contribution in [2.24, 2.45) is 18.9 Å². The average Bonchev–Trinajstić information content (AvgIpc) is 3.01. The number of amides is 1. The number of nitrogens with one attached hydrogen (secondary N) is 1. The summed E-state index contributed by atoms with van der Waals surface area (Å²) in [5, 5.41) is 7.98. The van der Waals surface area contributed by atoms with Gasteiger partial charge in [-0.1, -0.05) is 12.1 Å². The zero-order valence-corrected chi connectivity index (χ0v) is 14.6. The molecular formula is C19H20N6O. The Bertz CT molecular complexity index is 987. The summed E-state index contributed by atoms with van der Waals surface area (Å²) in [4.78, 5) is 23.3. The number of aryl methyl sites for hydroxylation is 1. The lowest BCUT2D eigenvalue weighted by Gasteiger charge is -2.16. The molecule has 0 bridgehead atoms. The van der Waals surface area contributed by atoms with E-state index in [0.29, 0.717) is 12.5 Å². The number of hydrogen-bond donors (Lipinski definition) is 1. The second-order valence-corrected chi connectivity index (χ2v) is 7.37. The van der Waals surface area contributed by atoms with Crippen molar-refractivity contribution < 1.29 is 4.79 Å². The lowest BCUT2D eigenvalue weighted by Crippen LogP contribution is -2.33. The van der Waals surface area contributed by atoms with Gasteiger partial charge in [0.1, 0.15) is 0 Å². The van der Waals surface area contributed by atoms with Crippen LogP contribution in [0.2, 0.25) is 0 Å². The highest BCUT2D eigenvalue weighted by Crippen LogP contribution is 2.44. The summed E-state index contributed by atoms with van der Waals surface area (Å²) in [6.07, 6.45) is 6.87. The van der Waals surface area contributed by atoms with E-state index in [2.05, 4.69) is 25.3 Å². The Morgan fingerprint density at radius 1 is 1.23 bits per heavy atom. The van der Waals surface area contributed by atoms with E-state index in [1.807, 2.05) is 37.6 Å². The van der Waals surface area contributed by atoms with E-state index in [4.69, 9.17) is 0 Å². The standard InChI is InChI=1S/C19H20N6O/c1-24-8-16(7-21-24)12-2-3-13-6-20-19(22-17(13)5-12)23-18(26)11-25-9-14-4-15(14)10-25/h2-3,5-8,14-15H,4,9-11H2,1H3,(H,20,22,23,26).